The Morgan fingerprint density at radius 3 is 2.93 bits per heavy atom. The lowest BCUT2D eigenvalue weighted by molar-refractivity contribution is 0.00269. The molecule has 1 aromatic rings. The van der Waals surface area contributed by atoms with E-state index >= 15 is 0 Å². The summed E-state index contributed by atoms with van der Waals surface area (Å²) in [7, 11) is -0.273. The largest absolute Gasteiger partial charge is 0.370 e. The summed E-state index contributed by atoms with van der Waals surface area (Å²) in [4.78, 5) is 6.78. The highest BCUT2D eigenvalue weighted by molar-refractivity contribution is 7.87. The van der Waals surface area contributed by atoms with Crippen LogP contribution in [0.2, 0.25) is 0 Å². The number of ether oxygens (including phenoxy) is 1. The summed E-state index contributed by atoms with van der Waals surface area (Å²) in [5.74, 6) is 1.76. The fourth-order valence-electron chi connectivity index (χ4n) is 5.17. The lowest BCUT2D eigenvalue weighted by atomic mass is 9.74. The van der Waals surface area contributed by atoms with Gasteiger partial charge in [0.1, 0.15) is 5.82 Å². The molecule has 1 spiro atoms. The number of imidazole rings is 1. The van der Waals surface area contributed by atoms with Crippen LogP contribution < -0.4 is 4.72 Å². The van der Waals surface area contributed by atoms with Crippen LogP contribution >= 0.6 is 0 Å². The van der Waals surface area contributed by atoms with Crippen molar-refractivity contribution in [3.63, 3.8) is 0 Å². The molecule has 3 fully saturated rings. The molecule has 2 bridgehead atoms. The van der Waals surface area contributed by atoms with Crippen LogP contribution in [0.25, 0.3) is 0 Å². The van der Waals surface area contributed by atoms with Crippen LogP contribution in [-0.4, -0.2) is 79.2 Å². The lowest BCUT2D eigenvalue weighted by Gasteiger charge is -2.29. The van der Waals surface area contributed by atoms with E-state index in [2.05, 4.69) is 19.2 Å². The van der Waals surface area contributed by atoms with Crippen LogP contribution in [0.3, 0.4) is 0 Å². The monoisotopic (exact) mass is 397 g/mol. The van der Waals surface area contributed by atoms with Crippen molar-refractivity contribution in [1.29, 1.82) is 0 Å². The number of aromatic nitrogens is 2. The van der Waals surface area contributed by atoms with Crippen molar-refractivity contribution < 1.29 is 13.2 Å². The van der Waals surface area contributed by atoms with Gasteiger partial charge in [0.05, 0.1) is 11.7 Å². The van der Waals surface area contributed by atoms with Gasteiger partial charge >= 0.3 is 0 Å². The van der Waals surface area contributed by atoms with E-state index in [1.54, 1.807) is 14.1 Å². The molecule has 4 atom stereocenters. The molecule has 8 nitrogen and oxygen atoms in total. The normalized spacial score (nSPS) is 33.3. The summed E-state index contributed by atoms with van der Waals surface area (Å²) >= 11 is 0. The van der Waals surface area contributed by atoms with Crippen molar-refractivity contribution in [2.45, 2.75) is 44.4 Å². The lowest BCUT2D eigenvalue weighted by Crippen LogP contribution is -2.44. The Labute approximate surface area is 162 Å². The van der Waals surface area contributed by atoms with Gasteiger partial charge in [-0.05, 0) is 32.7 Å². The number of rotatable bonds is 8. The molecule has 0 aromatic carbocycles. The molecular formula is C18H31N5O3S. The summed E-state index contributed by atoms with van der Waals surface area (Å²) in [6, 6.07) is 0. The maximum atomic E-state index is 12.1. The molecule has 0 amide bonds. The van der Waals surface area contributed by atoms with E-state index in [-0.39, 0.29) is 17.6 Å². The number of aryl methyl sites for hydroxylation is 2. The Balaban J connectivity index is 1.34. The first-order chi connectivity index (χ1) is 12.8. The number of nitrogens with one attached hydrogen (secondary N) is 1. The number of nitrogens with zero attached hydrogens (tertiary/aromatic N) is 4. The third-order valence-corrected chi connectivity index (χ3v) is 8.13. The third-order valence-electron chi connectivity index (χ3n) is 6.63. The van der Waals surface area contributed by atoms with Gasteiger partial charge in [-0.1, -0.05) is 0 Å². The van der Waals surface area contributed by atoms with Crippen molar-refractivity contribution >= 4 is 10.2 Å². The minimum Gasteiger partial charge on any atom is -0.370 e. The van der Waals surface area contributed by atoms with Crippen LogP contribution in [0.4, 0.5) is 0 Å². The summed E-state index contributed by atoms with van der Waals surface area (Å²) < 4.78 is 36.8. The van der Waals surface area contributed by atoms with E-state index in [0.717, 1.165) is 51.3 Å². The molecule has 1 N–H and O–H groups in total. The molecule has 9 heteroatoms. The minimum atomic E-state index is -3.38. The van der Waals surface area contributed by atoms with E-state index < -0.39 is 10.2 Å². The van der Waals surface area contributed by atoms with E-state index in [9.17, 15) is 8.42 Å². The number of hydrogen-bond acceptors (Lipinski definition) is 5. The fraction of sp³-hybridized carbons (Fsp3) is 0.833. The molecule has 0 radical (unpaired) electrons. The fourth-order valence-corrected chi connectivity index (χ4v) is 5.83. The van der Waals surface area contributed by atoms with Gasteiger partial charge in [-0.25, -0.2) is 9.71 Å². The maximum absolute atomic E-state index is 12.1. The smallest absolute Gasteiger partial charge is 0.278 e. The van der Waals surface area contributed by atoms with Crippen LogP contribution in [0.1, 0.15) is 25.1 Å². The standard InChI is InChI=1S/C18H31N5O3S/c1-14-19-7-10-23(14)9-4-8-22-12-16-15(11-20-27(24,25)21(2)3)17-5-6-18(16,13-22)26-17/h7,10,15-17,20H,4-6,8-9,11-13H2,1-3H3/t15-,16+,17+,18+/m0/s1. The van der Waals surface area contributed by atoms with E-state index in [1.165, 1.54) is 4.31 Å². The highest BCUT2D eigenvalue weighted by Gasteiger charge is 2.62. The first-order valence-electron chi connectivity index (χ1n) is 9.86. The minimum absolute atomic E-state index is 0.0518. The summed E-state index contributed by atoms with van der Waals surface area (Å²) in [6.07, 6.45) is 7.32. The first-order valence-corrected chi connectivity index (χ1v) is 11.3. The van der Waals surface area contributed by atoms with Crippen molar-refractivity contribution in [1.82, 2.24) is 23.5 Å². The van der Waals surface area contributed by atoms with Gasteiger partial charge in [0.2, 0.25) is 0 Å². The van der Waals surface area contributed by atoms with Gasteiger partial charge in [0, 0.05) is 64.5 Å². The summed E-state index contributed by atoms with van der Waals surface area (Å²) in [5.41, 5.74) is -0.0518. The topological polar surface area (TPSA) is 79.7 Å². The molecular weight excluding hydrogens is 366 g/mol. The van der Waals surface area contributed by atoms with Crippen molar-refractivity contribution in [3.8, 4) is 0 Å². The molecule has 4 heterocycles. The molecule has 152 valence electrons. The summed E-state index contributed by atoms with van der Waals surface area (Å²) in [6.45, 7) is 6.52. The Morgan fingerprint density at radius 2 is 2.22 bits per heavy atom. The van der Waals surface area contributed by atoms with Crippen molar-refractivity contribution in [3.05, 3.63) is 18.2 Å². The average molecular weight is 398 g/mol. The van der Waals surface area contributed by atoms with Gasteiger partial charge in [0.25, 0.3) is 10.2 Å². The second-order valence-corrected chi connectivity index (χ2v) is 10.4. The second-order valence-electron chi connectivity index (χ2n) is 8.42. The van der Waals surface area contributed by atoms with Crippen LogP contribution in [0.5, 0.6) is 0 Å². The van der Waals surface area contributed by atoms with Gasteiger partial charge in [-0.15, -0.1) is 0 Å². The second kappa shape index (κ2) is 7.11. The van der Waals surface area contributed by atoms with E-state index in [4.69, 9.17) is 4.74 Å². The molecule has 27 heavy (non-hydrogen) atoms. The van der Waals surface area contributed by atoms with Gasteiger partial charge < -0.3 is 9.30 Å². The molecule has 4 rings (SSSR count). The van der Waals surface area contributed by atoms with E-state index in [0.29, 0.717) is 12.5 Å². The molecule has 3 aliphatic heterocycles. The predicted molar refractivity (Wildman–Crippen MR) is 102 cm³/mol. The summed E-state index contributed by atoms with van der Waals surface area (Å²) in [5, 5.41) is 0. The van der Waals surface area contributed by atoms with Crippen LogP contribution in [0, 0.1) is 18.8 Å². The Bertz CT molecular complexity index is 780. The quantitative estimate of drug-likeness (QED) is 0.689. The zero-order valence-corrected chi connectivity index (χ0v) is 17.3. The van der Waals surface area contributed by atoms with Crippen molar-refractivity contribution in [2.24, 2.45) is 11.8 Å². The van der Waals surface area contributed by atoms with Crippen molar-refractivity contribution in [2.75, 3.05) is 40.3 Å². The number of likely N-dealkylation sites (tertiary alicyclic amines) is 1. The van der Waals surface area contributed by atoms with Gasteiger partial charge in [-0.3, -0.25) is 4.90 Å². The van der Waals surface area contributed by atoms with E-state index in [1.807, 2.05) is 19.3 Å². The highest BCUT2D eigenvalue weighted by atomic mass is 32.2. The molecule has 0 aliphatic carbocycles. The Kier molecular flexibility index (Phi) is 5.09. The predicted octanol–water partition coefficient (Wildman–Crippen LogP) is 0.457. The maximum Gasteiger partial charge on any atom is 0.278 e. The highest BCUT2D eigenvalue weighted by Crippen LogP contribution is 2.54. The molecule has 3 saturated heterocycles. The SMILES string of the molecule is Cc1nccn1CCCN1C[C@@H]2[C@H](CNS(=O)(=O)N(C)C)[C@H]3CC[C@]2(C1)O3. The Hall–Kier alpha value is -1.00. The molecule has 0 unspecified atom stereocenters. The zero-order valence-electron chi connectivity index (χ0n) is 16.5. The molecule has 0 saturated carbocycles. The van der Waals surface area contributed by atoms with Gasteiger partial charge in [0.15, 0.2) is 0 Å². The Morgan fingerprint density at radius 1 is 1.41 bits per heavy atom. The van der Waals surface area contributed by atoms with Gasteiger partial charge in [-0.2, -0.15) is 12.7 Å². The average Bonchev–Trinajstić information content (AvgIpc) is 3.34. The third kappa shape index (κ3) is 3.55. The number of hydrogen-bond donors (Lipinski definition) is 1. The first kappa shape index (κ1) is 19.3. The molecule has 3 aliphatic rings. The zero-order chi connectivity index (χ0) is 19.2. The van der Waals surface area contributed by atoms with Crippen LogP contribution in [-0.2, 0) is 21.5 Å². The molecule has 1 aromatic heterocycles. The van der Waals surface area contributed by atoms with Crippen LogP contribution in [0.15, 0.2) is 12.4 Å². The number of fused-ring (bicyclic) bond motifs is 1.